The van der Waals surface area contributed by atoms with Crippen molar-refractivity contribution in [1.29, 1.82) is 0 Å². The molecule has 0 heterocycles. The first-order chi connectivity index (χ1) is 8.90. The van der Waals surface area contributed by atoms with Crippen molar-refractivity contribution in [2.45, 2.75) is 38.1 Å². The van der Waals surface area contributed by atoms with Gasteiger partial charge in [-0.3, -0.25) is 9.59 Å². The first kappa shape index (κ1) is 14.1. The molecule has 1 aromatic carbocycles. The van der Waals surface area contributed by atoms with Crippen molar-refractivity contribution >= 4 is 27.8 Å². The normalized spacial score (nSPS) is 16.5. The zero-order valence-corrected chi connectivity index (χ0v) is 12.3. The lowest BCUT2D eigenvalue weighted by molar-refractivity contribution is -0.139. The molecule has 0 unspecified atom stereocenters. The molecule has 1 aliphatic carbocycles. The van der Waals surface area contributed by atoms with E-state index in [0.29, 0.717) is 5.56 Å². The molecule has 1 aromatic rings. The maximum Gasteiger partial charge on any atom is 0.305 e. The molecule has 1 saturated carbocycles. The number of carboxylic acids is 1. The molecule has 2 rings (SSSR count). The molecule has 0 radical (unpaired) electrons. The number of halogens is 1. The highest BCUT2D eigenvalue weighted by Gasteiger charge is 2.40. The minimum atomic E-state index is -0.870. The van der Waals surface area contributed by atoms with Gasteiger partial charge in [-0.2, -0.15) is 0 Å². The third-order valence-corrected chi connectivity index (χ3v) is 3.94. The number of hydrogen-bond acceptors (Lipinski definition) is 2. The van der Waals surface area contributed by atoms with Crippen LogP contribution in [0, 0.1) is 6.92 Å². The van der Waals surface area contributed by atoms with Crippen LogP contribution >= 0.6 is 15.9 Å². The van der Waals surface area contributed by atoms with Crippen LogP contribution in [0.2, 0.25) is 0 Å². The number of carbonyl (C=O) groups excluding carboxylic acids is 1. The molecule has 1 aliphatic rings. The molecular weight excluding hydrogens is 310 g/mol. The van der Waals surface area contributed by atoms with Crippen LogP contribution in [0.25, 0.3) is 0 Å². The lowest BCUT2D eigenvalue weighted by atomic mass is 9.74. The van der Waals surface area contributed by atoms with Crippen LogP contribution in [0.3, 0.4) is 0 Å². The molecule has 0 bridgehead atoms. The molecule has 1 amide bonds. The number of aryl methyl sites for hydroxylation is 1. The van der Waals surface area contributed by atoms with Gasteiger partial charge in [0.1, 0.15) is 0 Å². The van der Waals surface area contributed by atoms with Gasteiger partial charge in [-0.25, -0.2) is 0 Å². The number of carbonyl (C=O) groups is 2. The Kier molecular flexibility index (Phi) is 3.94. The highest BCUT2D eigenvalue weighted by Crippen LogP contribution is 2.35. The summed E-state index contributed by atoms with van der Waals surface area (Å²) in [6.45, 7) is 1.91. The van der Waals surface area contributed by atoms with E-state index in [0.717, 1.165) is 29.3 Å². The average Bonchev–Trinajstić information content (AvgIpc) is 2.23. The maximum absolute atomic E-state index is 12.2. The number of aliphatic carboxylic acids is 1. The van der Waals surface area contributed by atoms with Gasteiger partial charge in [0, 0.05) is 10.0 Å². The van der Waals surface area contributed by atoms with Gasteiger partial charge in [0.2, 0.25) is 0 Å². The second-order valence-electron chi connectivity index (χ2n) is 5.18. The summed E-state index contributed by atoms with van der Waals surface area (Å²) in [5, 5.41) is 11.8. The molecule has 0 atom stereocenters. The molecule has 102 valence electrons. The molecule has 5 heteroatoms. The minimum absolute atomic E-state index is 0.00821. The van der Waals surface area contributed by atoms with E-state index in [2.05, 4.69) is 21.2 Å². The Hall–Kier alpha value is -1.36. The van der Waals surface area contributed by atoms with Gasteiger partial charge >= 0.3 is 5.97 Å². The van der Waals surface area contributed by atoms with Crippen LogP contribution in [-0.4, -0.2) is 22.5 Å². The number of amides is 1. The summed E-state index contributed by atoms with van der Waals surface area (Å²) in [5.41, 5.74) is 0.989. The molecular formula is C14H16BrNO3. The van der Waals surface area contributed by atoms with Gasteiger partial charge in [0.25, 0.3) is 5.91 Å². The van der Waals surface area contributed by atoms with Crippen molar-refractivity contribution in [1.82, 2.24) is 5.32 Å². The van der Waals surface area contributed by atoms with Gasteiger partial charge < -0.3 is 10.4 Å². The van der Waals surface area contributed by atoms with Crippen molar-refractivity contribution in [3.05, 3.63) is 33.8 Å². The monoisotopic (exact) mass is 325 g/mol. The highest BCUT2D eigenvalue weighted by atomic mass is 79.9. The number of hydrogen-bond donors (Lipinski definition) is 2. The van der Waals surface area contributed by atoms with Crippen LogP contribution in [0.5, 0.6) is 0 Å². The third kappa shape index (κ3) is 3.35. The van der Waals surface area contributed by atoms with Crippen LogP contribution in [0.1, 0.15) is 41.6 Å². The lowest BCUT2D eigenvalue weighted by Gasteiger charge is -2.41. The summed E-state index contributed by atoms with van der Waals surface area (Å²) >= 11 is 3.36. The minimum Gasteiger partial charge on any atom is -0.481 e. The summed E-state index contributed by atoms with van der Waals surface area (Å²) in [6.07, 6.45) is 2.42. The van der Waals surface area contributed by atoms with Crippen molar-refractivity contribution in [2.75, 3.05) is 0 Å². The van der Waals surface area contributed by atoms with Crippen molar-refractivity contribution < 1.29 is 14.7 Å². The van der Waals surface area contributed by atoms with Gasteiger partial charge in [0.15, 0.2) is 0 Å². The van der Waals surface area contributed by atoms with E-state index < -0.39 is 11.5 Å². The summed E-state index contributed by atoms with van der Waals surface area (Å²) in [5.74, 6) is -1.07. The van der Waals surface area contributed by atoms with Crippen molar-refractivity contribution in [2.24, 2.45) is 0 Å². The fraction of sp³-hybridized carbons (Fsp3) is 0.429. The Labute approximate surface area is 120 Å². The van der Waals surface area contributed by atoms with Crippen LogP contribution in [0.4, 0.5) is 0 Å². The Morgan fingerprint density at radius 1 is 1.37 bits per heavy atom. The lowest BCUT2D eigenvalue weighted by Crippen LogP contribution is -2.54. The largest absolute Gasteiger partial charge is 0.481 e. The molecule has 4 nitrogen and oxygen atoms in total. The molecule has 19 heavy (non-hydrogen) atoms. The highest BCUT2D eigenvalue weighted by molar-refractivity contribution is 9.10. The molecule has 0 saturated heterocycles. The Balaban J connectivity index is 2.13. The molecule has 1 fully saturated rings. The SMILES string of the molecule is Cc1cc(Br)cc(C(=O)NC2(CC(=O)O)CCC2)c1. The summed E-state index contributed by atoms with van der Waals surface area (Å²) in [4.78, 5) is 23.1. The second-order valence-corrected chi connectivity index (χ2v) is 6.09. The first-order valence-corrected chi connectivity index (χ1v) is 7.01. The number of carboxylic acid groups (broad SMARTS) is 1. The molecule has 2 N–H and O–H groups in total. The van der Waals surface area contributed by atoms with Gasteiger partial charge in [-0.15, -0.1) is 0 Å². The second kappa shape index (κ2) is 5.33. The fourth-order valence-electron chi connectivity index (χ4n) is 2.42. The van der Waals surface area contributed by atoms with E-state index in [1.165, 1.54) is 0 Å². The smallest absolute Gasteiger partial charge is 0.305 e. The fourth-order valence-corrected chi connectivity index (χ4v) is 3.03. The zero-order valence-electron chi connectivity index (χ0n) is 10.7. The number of benzene rings is 1. The average molecular weight is 326 g/mol. The summed E-state index contributed by atoms with van der Waals surface area (Å²) in [7, 11) is 0. The number of rotatable bonds is 4. The van der Waals surface area contributed by atoms with Gasteiger partial charge in [-0.1, -0.05) is 15.9 Å². The predicted octanol–water partition coefficient (Wildman–Crippen LogP) is 2.88. The van der Waals surface area contributed by atoms with Crippen molar-refractivity contribution in [3.8, 4) is 0 Å². The predicted molar refractivity (Wildman–Crippen MR) is 75.2 cm³/mol. The molecule has 0 aromatic heterocycles. The number of nitrogens with one attached hydrogen (secondary N) is 1. The van der Waals surface area contributed by atoms with E-state index in [9.17, 15) is 9.59 Å². The van der Waals surface area contributed by atoms with E-state index in [4.69, 9.17) is 5.11 Å². The Morgan fingerprint density at radius 3 is 2.53 bits per heavy atom. The zero-order chi connectivity index (χ0) is 14.0. The standard InChI is InChI=1S/C14H16BrNO3/c1-9-5-10(7-11(15)6-9)13(19)16-14(3-2-4-14)8-12(17)18/h5-7H,2-4,8H2,1H3,(H,16,19)(H,17,18). The van der Waals surface area contributed by atoms with Crippen LogP contribution < -0.4 is 5.32 Å². The molecule has 0 spiro atoms. The topological polar surface area (TPSA) is 66.4 Å². The Bertz CT molecular complexity index is 503. The summed E-state index contributed by atoms with van der Waals surface area (Å²) < 4.78 is 0.846. The summed E-state index contributed by atoms with van der Waals surface area (Å²) in [6, 6.07) is 5.47. The van der Waals surface area contributed by atoms with E-state index in [1.807, 2.05) is 13.0 Å². The van der Waals surface area contributed by atoms with E-state index in [1.54, 1.807) is 12.1 Å². The maximum atomic E-state index is 12.2. The van der Waals surface area contributed by atoms with Gasteiger partial charge in [-0.05, 0) is 49.9 Å². The van der Waals surface area contributed by atoms with Crippen molar-refractivity contribution in [3.63, 3.8) is 0 Å². The third-order valence-electron chi connectivity index (χ3n) is 3.48. The Morgan fingerprint density at radius 2 is 2.05 bits per heavy atom. The van der Waals surface area contributed by atoms with Crippen LogP contribution in [0.15, 0.2) is 22.7 Å². The van der Waals surface area contributed by atoms with E-state index >= 15 is 0 Å². The van der Waals surface area contributed by atoms with Crippen LogP contribution in [-0.2, 0) is 4.79 Å². The quantitative estimate of drug-likeness (QED) is 0.894. The van der Waals surface area contributed by atoms with E-state index in [-0.39, 0.29) is 12.3 Å². The molecule has 0 aliphatic heterocycles. The van der Waals surface area contributed by atoms with Gasteiger partial charge in [0.05, 0.1) is 12.0 Å². The first-order valence-electron chi connectivity index (χ1n) is 6.22.